The van der Waals surface area contributed by atoms with Gasteiger partial charge in [0.2, 0.25) is 0 Å². The van der Waals surface area contributed by atoms with Crippen molar-refractivity contribution in [3.05, 3.63) is 164 Å². The van der Waals surface area contributed by atoms with Gasteiger partial charge in [0.05, 0.1) is 11.1 Å². The number of aryl methyl sites for hydroxylation is 1. The van der Waals surface area contributed by atoms with Gasteiger partial charge in [-0.3, -0.25) is 0 Å². The van der Waals surface area contributed by atoms with Crippen LogP contribution in [0, 0.1) is 12.3 Å². The molecule has 3 aliphatic heterocycles. The highest BCUT2D eigenvalue weighted by Crippen LogP contribution is 2.65. The Kier molecular flexibility index (Phi) is 6.37. The molecule has 0 spiro atoms. The fraction of sp³-hybridized carbons (Fsp3) is 0.146. The number of hydrogen-bond acceptors (Lipinski definition) is 7. The van der Waals surface area contributed by atoms with Gasteiger partial charge < -0.3 is 19.6 Å². The first-order chi connectivity index (χ1) is 23.6. The van der Waals surface area contributed by atoms with Crippen LogP contribution in [-0.2, 0) is 0 Å². The van der Waals surface area contributed by atoms with E-state index >= 15 is 0 Å². The molecule has 0 fully saturated rings. The van der Waals surface area contributed by atoms with Crippen molar-refractivity contribution in [3.63, 3.8) is 0 Å². The Morgan fingerprint density at radius 2 is 1.06 bits per heavy atom. The van der Waals surface area contributed by atoms with E-state index in [2.05, 4.69) is 161 Å². The molecule has 7 heteroatoms. The predicted molar refractivity (Wildman–Crippen MR) is 194 cm³/mol. The van der Waals surface area contributed by atoms with E-state index in [4.69, 9.17) is 15.0 Å². The molecule has 7 nitrogen and oxygen atoms in total. The van der Waals surface area contributed by atoms with E-state index in [1.54, 1.807) is 12.4 Å². The first-order valence-electron chi connectivity index (χ1n) is 16.4. The molecule has 2 aromatic heterocycles. The van der Waals surface area contributed by atoms with Crippen molar-refractivity contribution < 1.29 is 0 Å². The van der Waals surface area contributed by atoms with Crippen LogP contribution in [0.15, 0.2) is 153 Å². The molecule has 4 aromatic carbocycles. The summed E-state index contributed by atoms with van der Waals surface area (Å²) in [5.74, 6) is 2.52. The standard InChI is InChI=1S/C41H35N7/c1-4-32-31-21-12-14-23-34(31)48-36-35(24-15-25-42-36)45(29-17-7-5-8-18-29)39(48)41(32,3)40-46(30-19-9-6-10-20-30)37-38(44-27-26-43-37)47(40)33-22-13-11-16-28(33)2/h4-27,32,39-40H,1H2,2-3H3. The van der Waals surface area contributed by atoms with Gasteiger partial charge in [-0.15, -0.1) is 6.58 Å². The molecule has 234 valence electrons. The molecule has 9 rings (SSSR count). The van der Waals surface area contributed by atoms with E-state index in [1.165, 1.54) is 5.56 Å². The van der Waals surface area contributed by atoms with Gasteiger partial charge in [-0.05, 0) is 66.6 Å². The minimum Gasteiger partial charge on any atom is -0.316 e. The first kappa shape index (κ1) is 28.3. The molecular weight excluding hydrogens is 591 g/mol. The van der Waals surface area contributed by atoms with E-state index in [0.717, 1.165) is 51.5 Å². The largest absolute Gasteiger partial charge is 0.316 e. The van der Waals surface area contributed by atoms with Gasteiger partial charge in [0.25, 0.3) is 0 Å². The van der Waals surface area contributed by atoms with Crippen molar-refractivity contribution in [1.82, 2.24) is 15.0 Å². The van der Waals surface area contributed by atoms with Crippen LogP contribution in [-0.4, -0.2) is 27.3 Å². The number of allylic oxidation sites excluding steroid dienone is 1. The molecule has 0 amide bonds. The maximum Gasteiger partial charge on any atom is 0.178 e. The topological polar surface area (TPSA) is 51.6 Å². The van der Waals surface area contributed by atoms with Crippen LogP contribution in [0.2, 0.25) is 0 Å². The summed E-state index contributed by atoms with van der Waals surface area (Å²) in [6.45, 7) is 9.15. The third-order valence-corrected chi connectivity index (χ3v) is 10.3. The van der Waals surface area contributed by atoms with Crippen molar-refractivity contribution in [2.75, 3.05) is 19.6 Å². The highest BCUT2D eigenvalue weighted by atomic mass is 15.5. The lowest BCUT2D eigenvalue weighted by molar-refractivity contribution is 0.174. The Bertz CT molecular complexity index is 2150. The molecule has 3 aliphatic rings. The SMILES string of the molecule is C=CC1c2ccccc2N2c3ncccc3N(c3ccccc3)C2C1(C)C1N(c2ccccc2)c2nccnc2N1c1ccccc1C. The number of rotatable bonds is 5. The van der Waals surface area contributed by atoms with Gasteiger partial charge in [0.15, 0.2) is 17.5 Å². The van der Waals surface area contributed by atoms with Crippen LogP contribution in [0.25, 0.3) is 0 Å². The Morgan fingerprint density at radius 3 is 1.75 bits per heavy atom. The Balaban J connectivity index is 1.40. The van der Waals surface area contributed by atoms with E-state index in [1.807, 2.05) is 12.3 Å². The Morgan fingerprint density at radius 1 is 0.542 bits per heavy atom. The summed E-state index contributed by atoms with van der Waals surface area (Å²) in [6, 6.07) is 42.9. The van der Waals surface area contributed by atoms with Crippen LogP contribution in [0.4, 0.5) is 45.9 Å². The van der Waals surface area contributed by atoms with Crippen LogP contribution in [0.3, 0.4) is 0 Å². The zero-order chi connectivity index (χ0) is 32.4. The van der Waals surface area contributed by atoms with Crippen molar-refractivity contribution in [1.29, 1.82) is 0 Å². The molecule has 0 saturated heterocycles. The molecule has 0 saturated carbocycles. The van der Waals surface area contributed by atoms with E-state index in [-0.39, 0.29) is 18.2 Å². The molecule has 6 aromatic rings. The number of fused-ring (bicyclic) bond motifs is 6. The maximum absolute atomic E-state index is 5.08. The van der Waals surface area contributed by atoms with Crippen LogP contribution >= 0.6 is 0 Å². The van der Waals surface area contributed by atoms with Gasteiger partial charge in [-0.1, -0.05) is 85.8 Å². The fourth-order valence-electron chi connectivity index (χ4n) is 8.43. The quantitative estimate of drug-likeness (QED) is 0.177. The van der Waals surface area contributed by atoms with Crippen LogP contribution in [0.5, 0.6) is 0 Å². The molecule has 48 heavy (non-hydrogen) atoms. The molecule has 0 bridgehead atoms. The summed E-state index contributed by atoms with van der Waals surface area (Å²) in [6.07, 6.45) is 7.16. The number of benzene rings is 4. The maximum atomic E-state index is 5.08. The number of anilines is 8. The number of nitrogens with zero attached hydrogens (tertiary/aromatic N) is 7. The van der Waals surface area contributed by atoms with Gasteiger partial charge in [-0.2, -0.15) is 0 Å². The third kappa shape index (κ3) is 3.84. The number of para-hydroxylation sites is 4. The van der Waals surface area contributed by atoms with Crippen molar-refractivity contribution in [3.8, 4) is 0 Å². The second-order valence-electron chi connectivity index (χ2n) is 12.9. The predicted octanol–water partition coefficient (Wildman–Crippen LogP) is 9.40. The lowest BCUT2D eigenvalue weighted by Gasteiger charge is -2.58. The highest BCUT2D eigenvalue weighted by Gasteiger charge is 2.64. The summed E-state index contributed by atoms with van der Waals surface area (Å²) in [4.78, 5) is 25.0. The Labute approximate surface area is 281 Å². The van der Waals surface area contributed by atoms with Crippen LogP contribution < -0.4 is 19.6 Å². The average molecular weight is 626 g/mol. The zero-order valence-corrected chi connectivity index (χ0v) is 26.9. The lowest BCUT2D eigenvalue weighted by atomic mass is 9.64. The molecule has 4 unspecified atom stereocenters. The smallest absolute Gasteiger partial charge is 0.178 e. The normalized spacial score (nSPS) is 22.2. The Hall–Kier alpha value is -5.95. The van der Waals surface area contributed by atoms with Crippen molar-refractivity contribution in [2.45, 2.75) is 32.1 Å². The highest BCUT2D eigenvalue weighted by molar-refractivity contribution is 5.91. The summed E-state index contributed by atoms with van der Waals surface area (Å²) in [5.41, 5.74) is 7.25. The van der Waals surface area contributed by atoms with Gasteiger partial charge in [0, 0.05) is 47.3 Å². The number of hydrogen-bond donors (Lipinski definition) is 0. The fourth-order valence-corrected chi connectivity index (χ4v) is 8.43. The molecule has 0 aliphatic carbocycles. The average Bonchev–Trinajstić information content (AvgIpc) is 3.68. The number of pyridine rings is 1. The first-order valence-corrected chi connectivity index (χ1v) is 16.4. The van der Waals surface area contributed by atoms with E-state index in [0.29, 0.717) is 0 Å². The third-order valence-electron chi connectivity index (χ3n) is 10.3. The molecule has 0 radical (unpaired) electrons. The van der Waals surface area contributed by atoms with Gasteiger partial charge in [0.1, 0.15) is 12.3 Å². The summed E-state index contributed by atoms with van der Waals surface area (Å²) < 4.78 is 0. The summed E-state index contributed by atoms with van der Waals surface area (Å²) >= 11 is 0. The van der Waals surface area contributed by atoms with Gasteiger partial charge in [-0.25, -0.2) is 15.0 Å². The summed E-state index contributed by atoms with van der Waals surface area (Å²) in [5, 5.41) is 0. The monoisotopic (exact) mass is 625 g/mol. The number of aromatic nitrogens is 3. The molecule has 4 atom stereocenters. The minimum atomic E-state index is -0.590. The van der Waals surface area contributed by atoms with E-state index in [9.17, 15) is 0 Å². The van der Waals surface area contributed by atoms with Crippen molar-refractivity contribution in [2.24, 2.45) is 5.41 Å². The molecule has 0 N–H and O–H groups in total. The zero-order valence-electron chi connectivity index (χ0n) is 26.9. The lowest BCUT2D eigenvalue weighted by Crippen LogP contribution is -2.66. The molecule has 5 heterocycles. The second-order valence-corrected chi connectivity index (χ2v) is 12.9. The van der Waals surface area contributed by atoms with E-state index < -0.39 is 5.41 Å². The summed E-state index contributed by atoms with van der Waals surface area (Å²) in [7, 11) is 0. The van der Waals surface area contributed by atoms with Crippen LogP contribution in [0.1, 0.15) is 24.0 Å². The van der Waals surface area contributed by atoms with Gasteiger partial charge >= 0.3 is 0 Å². The second kappa shape index (κ2) is 10.8. The minimum absolute atomic E-state index is 0.0764. The molecular formula is C41H35N7. The van der Waals surface area contributed by atoms with Crippen molar-refractivity contribution >= 4 is 45.9 Å².